The summed E-state index contributed by atoms with van der Waals surface area (Å²) in [6.45, 7) is 0. The van der Waals surface area contributed by atoms with Gasteiger partial charge in [-0.25, -0.2) is 0 Å². The van der Waals surface area contributed by atoms with Crippen LogP contribution in [0.2, 0.25) is 0 Å². The van der Waals surface area contributed by atoms with Gasteiger partial charge in [0.15, 0.2) is 6.29 Å². The van der Waals surface area contributed by atoms with Crippen molar-refractivity contribution in [3.05, 3.63) is 10.1 Å². The Bertz CT molecular complexity index is 170. The Morgan fingerprint density at radius 1 is 1.78 bits per heavy atom. The molecule has 0 aromatic rings. The average Bonchev–Trinajstić information content (AvgIpc) is 2.15. The Balaban J connectivity index is 2.79. The number of hydrogen-bond donors (Lipinski definition) is 0. The second-order valence-corrected chi connectivity index (χ2v) is 3.16. The molecule has 9 heavy (non-hydrogen) atoms. The minimum Gasteiger partial charge on any atom is -0.297 e. The number of nitrogens with zero attached hydrogens (tertiary/aromatic N) is 1. The van der Waals surface area contributed by atoms with Crippen molar-refractivity contribution in [1.82, 2.24) is 4.42 Å². The van der Waals surface area contributed by atoms with E-state index in [2.05, 4.69) is 0 Å². The molecule has 0 spiro atoms. The van der Waals surface area contributed by atoms with Crippen molar-refractivity contribution in [2.45, 2.75) is 0 Å². The molecule has 50 valence electrons. The zero-order valence-corrected chi connectivity index (χ0v) is 6.63. The third kappa shape index (κ3) is 1.34. The van der Waals surface area contributed by atoms with Gasteiger partial charge in [-0.1, -0.05) is 23.4 Å². The first-order chi connectivity index (χ1) is 4.25. The van der Waals surface area contributed by atoms with Gasteiger partial charge in [-0.15, -0.1) is 0 Å². The number of rotatable bonds is 1. The largest absolute Gasteiger partial charge is 0.297 e. The molecule has 1 rings (SSSR count). The van der Waals surface area contributed by atoms with Gasteiger partial charge in [0.25, 0.3) is 0 Å². The predicted octanol–water partition coefficient (Wildman–Crippen LogP) is 1.75. The van der Waals surface area contributed by atoms with Crippen LogP contribution in [0.15, 0.2) is 10.1 Å². The molecule has 0 saturated carbocycles. The van der Waals surface area contributed by atoms with Crippen molar-refractivity contribution in [2.24, 2.45) is 0 Å². The van der Waals surface area contributed by atoms with E-state index in [0.717, 1.165) is 0 Å². The first-order valence-corrected chi connectivity index (χ1v) is 3.87. The van der Waals surface area contributed by atoms with Crippen molar-refractivity contribution < 1.29 is 4.79 Å². The molecule has 0 N–H and O–H groups in total. The topological polar surface area (TPSA) is 20.3 Å². The Morgan fingerprint density at radius 3 is 2.67 bits per heavy atom. The maximum absolute atomic E-state index is 10.1. The van der Waals surface area contributed by atoms with Gasteiger partial charge in [0.05, 0.1) is 10.8 Å². The first-order valence-electron chi connectivity index (χ1n) is 2.17. The highest BCUT2D eigenvalue weighted by atomic mass is 35.5. The second-order valence-electron chi connectivity index (χ2n) is 1.41. The van der Waals surface area contributed by atoms with Crippen LogP contribution < -0.4 is 0 Å². The molecular weight excluding hydrogens is 181 g/mol. The van der Waals surface area contributed by atoms with Gasteiger partial charge in [-0.3, -0.25) is 9.21 Å². The summed E-state index contributed by atoms with van der Waals surface area (Å²) in [5.74, 6) is 0.550. The number of allylic oxidation sites excluding steroid dienone is 1. The summed E-state index contributed by atoms with van der Waals surface area (Å²) in [6, 6.07) is 0. The highest BCUT2D eigenvalue weighted by Gasteiger charge is 2.18. The van der Waals surface area contributed by atoms with Gasteiger partial charge in [0, 0.05) is 11.8 Å². The molecule has 1 aliphatic heterocycles. The summed E-state index contributed by atoms with van der Waals surface area (Å²) >= 11 is 12.4. The van der Waals surface area contributed by atoms with Crippen molar-refractivity contribution in [3.63, 3.8) is 0 Å². The number of carbonyl (C=O) groups excluding carboxylic acids is 1. The molecule has 0 aromatic carbocycles. The Hall–Kier alpha value is 0.140. The third-order valence-corrected chi connectivity index (χ3v) is 2.88. The number of aldehydes is 1. The monoisotopic (exact) mass is 183 g/mol. The fraction of sp³-hybridized carbons (Fsp3) is 0.250. The molecular formula is C4H3Cl2NOS. The highest BCUT2D eigenvalue weighted by Crippen LogP contribution is 2.33. The summed E-state index contributed by atoms with van der Waals surface area (Å²) in [7, 11) is 0. The number of thioether (sulfide) groups is 1. The van der Waals surface area contributed by atoms with Crippen molar-refractivity contribution in [1.29, 1.82) is 0 Å². The standard InChI is InChI=1S/C4H3Cl2NOS/c5-4-3(1-8)9-2-7(4)6/h1H,2H2. The minimum atomic E-state index is 0.330. The van der Waals surface area contributed by atoms with Gasteiger partial charge in [0.2, 0.25) is 0 Å². The Labute approximate surface area is 66.9 Å². The molecule has 1 heterocycles. The van der Waals surface area contributed by atoms with E-state index >= 15 is 0 Å². The van der Waals surface area contributed by atoms with E-state index in [1.54, 1.807) is 0 Å². The molecule has 0 aromatic heterocycles. The van der Waals surface area contributed by atoms with E-state index in [-0.39, 0.29) is 0 Å². The van der Waals surface area contributed by atoms with Gasteiger partial charge in [0.1, 0.15) is 5.16 Å². The van der Waals surface area contributed by atoms with Crippen LogP contribution in [0.1, 0.15) is 0 Å². The van der Waals surface area contributed by atoms with Gasteiger partial charge in [-0.05, 0) is 0 Å². The molecule has 1 aliphatic rings. The van der Waals surface area contributed by atoms with Crippen LogP contribution in [-0.4, -0.2) is 16.6 Å². The zero-order valence-electron chi connectivity index (χ0n) is 4.30. The fourth-order valence-electron chi connectivity index (χ4n) is 0.445. The van der Waals surface area contributed by atoms with Crippen LogP contribution >= 0.6 is 35.1 Å². The molecule has 0 amide bonds. The maximum Gasteiger partial charge on any atom is 0.159 e. The van der Waals surface area contributed by atoms with E-state index in [1.165, 1.54) is 16.2 Å². The van der Waals surface area contributed by atoms with E-state index in [0.29, 0.717) is 22.2 Å². The Kier molecular flexibility index (Phi) is 2.27. The van der Waals surface area contributed by atoms with Crippen molar-refractivity contribution in [3.8, 4) is 0 Å². The van der Waals surface area contributed by atoms with E-state index in [9.17, 15) is 4.79 Å². The van der Waals surface area contributed by atoms with E-state index < -0.39 is 0 Å². The second kappa shape index (κ2) is 2.82. The number of halogens is 2. The molecule has 0 saturated heterocycles. The number of hydrogen-bond acceptors (Lipinski definition) is 3. The highest BCUT2D eigenvalue weighted by molar-refractivity contribution is 8.04. The lowest BCUT2D eigenvalue weighted by Crippen LogP contribution is -1.99. The van der Waals surface area contributed by atoms with Crippen molar-refractivity contribution in [2.75, 3.05) is 5.88 Å². The summed E-state index contributed by atoms with van der Waals surface area (Å²) in [5.41, 5.74) is 0. The lowest BCUT2D eigenvalue weighted by Gasteiger charge is -2.01. The van der Waals surface area contributed by atoms with Crippen LogP contribution in [0.4, 0.5) is 0 Å². The van der Waals surface area contributed by atoms with Crippen LogP contribution in [0, 0.1) is 0 Å². The van der Waals surface area contributed by atoms with Gasteiger partial charge < -0.3 is 0 Å². The van der Waals surface area contributed by atoms with Crippen LogP contribution in [-0.2, 0) is 4.79 Å². The van der Waals surface area contributed by atoms with Gasteiger partial charge in [-0.2, -0.15) is 0 Å². The molecule has 0 radical (unpaired) electrons. The summed E-state index contributed by atoms with van der Waals surface area (Å²) in [6.07, 6.45) is 0.704. The predicted molar refractivity (Wildman–Crippen MR) is 39.1 cm³/mol. The maximum atomic E-state index is 10.1. The lowest BCUT2D eigenvalue weighted by atomic mass is 10.7. The first kappa shape index (κ1) is 7.25. The van der Waals surface area contributed by atoms with Gasteiger partial charge >= 0.3 is 0 Å². The van der Waals surface area contributed by atoms with Crippen LogP contribution in [0.25, 0.3) is 0 Å². The molecule has 0 unspecified atom stereocenters. The molecule has 0 bridgehead atoms. The molecule has 0 atom stereocenters. The lowest BCUT2D eigenvalue weighted by molar-refractivity contribution is -0.104. The molecule has 2 nitrogen and oxygen atoms in total. The van der Waals surface area contributed by atoms with E-state index in [1.807, 2.05) is 0 Å². The summed E-state index contributed by atoms with van der Waals surface area (Å²) in [4.78, 5) is 10.6. The summed E-state index contributed by atoms with van der Waals surface area (Å²) in [5, 5.41) is 0.330. The Morgan fingerprint density at radius 2 is 2.44 bits per heavy atom. The van der Waals surface area contributed by atoms with Crippen LogP contribution in [0.5, 0.6) is 0 Å². The smallest absolute Gasteiger partial charge is 0.159 e. The van der Waals surface area contributed by atoms with E-state index in [4.69, 9.17) is 23.4 Å². The average molecular weight is 184 g/mol. The fourth-order valence-corrected chi connectivity index (χ4v) is 1.75. The third-order valence-electron chi connectivity index (χ3n) is 0.857. The van der Waals surface area contributed by atoms with Crippen molar-refractivity contribution >= 4 is 41.4 Å². The molecule has 0 fully saturated rings. The summed E-state index contributed by atoms with van der Waals surface area (Å²) < 4.78 is 1.30. The minimum absolute atomic E-state index is 0.330. The van der Waals surface area contributed by atoms with Crippen LogP contribution in [0.3, 0.4) is 0 Å². The normalized spacial score (nSPS) is 19.1. The molecule has 5 heteroatoms. The quantitative estimate of drug-likeness (QED) is 0.351. The SMILES string of the molecule is O=CC1=C(Cl)N(Cl)CS1. The molecule has 0 aliphatic carbocycles. The zero-order chi connectivity index (χ0) is 6.85. The number of carbonyl (C=O) groups is 1.